The molecule has 0 radical (unpaired) electrons. The van der Waals surface area contributed by atoms with Crippen LogP contribution in [0.3, 0.4) is 0 Å². The van der Waals surface area contributed by atoms with Crippen LogP contribution in [-0.4, -0.2) is 41.0 Å². The van der Waals surface area contributed by atoms with Crippen molar-refractivity contribution in [2.45, 2.75) is 32.4 Å². The third kappa shape index (κ3) is 4.07. The van der Waals surface area contributed by atoms with E-state index in [9.17, 15) is 9.18 Å². The first-order valence-corrected chi connectivity index (χ1v) is 8.58. The second-order valence-corrected chi connectivity index (χ2v) is 7.24. The minimum Gasteiger partial charge on any atom is -0.354 e. The highest BCUT2D eigenvalue weighted by molar-refractivity contribution is 5.83. The Labute approximate surface area is 147 Å². The number of nitrogens with one attached hydrogen (secondary N) is 1. The Morgan fingerprint density at radius 1 is 1.44 bits per heavy atom. The SMILES string of the molecule is Cc1nccn1CC1(CNC(=O)[C@H](c2cccc(F)c2)N(C)C)CC1. The fourth-order valence-corrected chi connectivity index (χ4v) is 3.23. The normalized spacial score (nSPS) is 16.7. The van der Waals surface area contributed by atoms with E-state index in [0.29, 0.717) is 12.1 Å². The number of carbonyl (C=O) groups excluding carboxylic acids is 1. The highest BCUT2D eigenvalue weighted by atomic mass is 19.1. The first-order chi connectivity index (χ1) is 11.9. The topological polar surface area (TPSA) is 50.2 Å². The number of carbonyl (C=O) groups is 1. The molecule has 0 aliphatic heterocycles. The summed E-state index contributed by atoms with van der Waals surface area (Å²) in [5, 5.41) is 3.08. The molecule has 1 saturated carbocycles. The predicted octanol–water partition coefficient (Wildman–Crippen LogP) is 2.53. The molecule has 25 heavy (non-hydrogen) atoms. The fourth-order valence-electron chi connectivity index (χ4n) is 3.23. The molecule has 134 valence electrons. The summed E-state index contributed by atoms with van der Waals surface area (Å²) in [5.74, 6) is 0.569. The van der Waals surface area contributed by atoms with Crippen LogP contribution in [0.1, 0.15) is 30.3 Å². The van der Waals surface area contributed by atoms with Crippen molar-refractivity contribution in [1.29, 1.82) is 0 Å². The van der Waals surface area contributed by atoms with E-state index in [0.717, 1.165) is 25.2 Å². The van der Waals surface area contributed by atoms with Crippen molar-refractivity contribution in [3.8, 4) is 0 Å². The van der Waals surface area contributed by atoms with E-state index in [4.69, 9.17) is 0 Å². The molecule has 1 atom stereocenters. The molecule has 6 heteroatoms. The quantitative estimate of drug-likeness (QED) is 0.840. The van der Waals surface area contributed by atoms with E-state index >= 15 is 0 Å². The minimum atomic E-state index is -0.499. The first kappa shape index (κ1) is 17.6. The van der Waals surface area contributed by atoms with Gasteiger partial charge in [-0.25, -0.2) is 9.37 Å². The summed E-state index contributed by atoms with van der Waals surface area (Å²) in [7, 11) is 3.66. The molecular weight excluding hydrogens is 319 g/mol. The number of aryl methyl sites for hydroxylation is 1. The van der Waals surface area contributed by atoms with Crippen LogP contribution in [-0.2, 0) is 11.3 Å². The van der Waals surface area contributed by atoms with Gasteiger partial charge in [0.15, 0.2) is 0 Å². The maximum Gasteiger partial charge on any atom is 0.241 e. The van der Waals surface area contributed by atoms with Gasteiger partial charge < -0.3 is 9.88 Å². The molecule has 0 spiro atoms. The van der Waals surface area contributed by atoms with Gasteiger partial charge in [-0.3, -0.25) is 9.69 Å². The monoisotopic (exact) mass is 344 g/mol. The lowest BCUT2D eigenvalue weighted by atomic mass is 10.0. The molecular formula is C19H25FN4O. The third-order valence-electron chi connectivity index (χ3n) is 4.95. The number of nitrogens with zero attached hydrogens (tertiary/aromatic N) is 3. The zero-order valence-corrected chi connectivity index (χ0v) is 15.0. The molecule has 2 aromatic rings. The number of likely N-dealkylation sites (N-methyl/N-ethyl adjacent to an activating group) is 1. The summed E-state index contributed by atoms with van der Waals surface area (Å²) in [6, 6.07) is 5.74. The van der Waals surface area contributed by atoms with E-state index in [1.807, 2.05) is 32.1 Å². The van der Waals surface area contributed by atoms with Crippen LogP contribution in [0.25, 0.3) is 0 Å². The standard InChI is InChI=1S/C19H25FN4O/c1-14-21-9-10-24(14)13-19(7-8-19)12-22-18(25)17(23(2)3)15-5-4-6-16(20)11-15/h4-6,9-11,17H,7-8,12-13H2,1-3H3,(H,22,25)/t17-/m0/s1. The van der Waals surface area contributed by atoms with Crippen LogP contribution < -0.4 is 5.32 Å². The Kier molecular flexibility index (Phi) is 4.90. The van der Waals surface area contributed by atoms with Crippen molar-refractivity contribution in [2.75, 3.05) is 20.6 Å². The lowest BCUT2D eigenvalue weighted by Gasteiger charge is -2.25. The van der Waals surface area contributed by atoms with Gasteiger partial charge in [-0.2, -0.15) is 0 Å². The molecule has 0 bridgehead atoms. The van der Waals surface area contributed by atoms with Gasteiger partial charge in [0.05, 0.1) is 0 Å². The van der Waals surface area contributed by atoms with Crippen LogP contribution in [0.2, 0.25) is 0 Å². The lowest BCUT2D eigenvalue weighted by molar-refractivity contribution is -0.126. The molecule has 5 nitrogen and oxygen atoms in total. The van der Waals surface area contributed by atoms with Gasteiger partial charge in [0.1, 0.15) is 17.7 Å². The second kappa shape index (κ2) is 6.96. The molecule has 1 amide bonds. The van der Waals surface area contributed by atoms with E-state index in [1.54, 1.807) is 18.3 Å². The van der Waals surface area contributed by atoms with E-state index in [1.165, 1.54) is 12.1 Å². The van der Waals surface area contributed by atoms with Crippen molar-refractivity contribution in [3.63, 3.8) is 0 Å². The fraction of sp³-hybridized carbons (Fsp3) is 0.474. The molecule has 1 fully saturated rings. The number of benzene rings is 1. The molecule has 3 rings (SSSR count). The largest absolute Gasteiger partial charge is 0.354 e. The average Bonchev–Trinajstić information content (AvgIpc) is 3.21. The van der Waals surface area contributed by atoms with Crippen molar-refractivity contribution in [3.05, 3.63) is 53.9 Å². The van der Waals surface area contributed by atoms with E-state index in [-0.39, 0.29) is 17.1 Å². The van der Waals surface area contributed by atoms with Gasteiger partial charge in [0.2, 0.25) is 5.91 Å². The Bertz CT molecular complexity index is 751. The van der Waals surface area contributed by atoms with Crippen LogP contribution in [0, 0.1) is 18.2 Å². The highest BCUT2D eigenvalue weighted by Crippen LogP contribution is 2.46. The molecule has 1 heterocycles. The van der Waals surface area contributed by atoms with E-state index in [2.05, 4.69) is 14.9 Å². The minimum absolute atomic E-state index is 0.0933. The zero-order chi connectivity index (χ0) is 18.0. The van der Waals surface area contributed by atoms with Gasteiger partial charge in [-0.15, -0.1) is 0 Å². The molecule has 1 aliphatic rings. The van der Waals surface area contributed by atoms with Crippen LogP contribution in [0.15, 0.2) is 36.7 Å². The molecule has 1 aromatic carbocycles. The first-order valence-electron chi connectivity index (χ1n) is 8.58. The van der Waals surface area contributed by atoms with E-state index < -0.39 is 6.04 Å². The summed E-state index contributed by atoms with van der Waals surface area (Å²) in [6.45, 7) is 3.48. The number of imidazole rings is 1. The molecule has 1 aromatic heterocycles. The Balaban J connectivity index is 1.65. The summed E-state index contributed by atoms with van der Waals surface area (Å²) in [4.78, 5) is 18.8. The number of hydrogen-bond donors (Lipinski definition) is 1. The third-order valence-corrected chi connectivity index (χ3v) is 4.95. The van der Waals surface area contributed by atoms with Gasteiger partial charge >= 0.3 is 0 Å². The molecule has 0 saturated heterocycles. The second-order valence-electron chi connectivity index (χ2n) is 7.24. The molecule has 0 unspecified atom stereocenters. The smallest absolute Gasteiger partial charge is 0.241 e. The van der Waals surface area contributed by atoms with Gasteiger partial charge in [-0.1, -0.05) is 12.1 Å². The van der Waals surface area contributed by atoms with Gasteiger partial charge in [0.25, 0.3) is 0 Å². The van der Waals surface area contributed by atoms with Gasteiger partial charge in [0, 0.05) is 30.9 Å². The lowest BCUT2D eigenvalue weighted by Crippen LogP contribution is -2.40. The van der Waals surface area contributed by atoms with Crippen molar-refractivity contribution < 1.29 is 9.18 Å². The predicted molar refractivity (Wildman–Crippen MR) is 94.5 cm³/mol. The summed E-state index contributed by atoms with van der Waals surface area (Å²) in [5.41, 5.74) is 0.776. The summed E-state index contributed by atoms with van der Waals surface area (Å²) < 4.78 is 15.7. The summed E-state index contributed by atoms with van der Waals surface area (Å²) >= 11 is 0. The number of aromatic nitrogens is 2. The van der Waals surface area contributed by atoms with Crippen LogP contribution in [0.5, 0.6) is 0 Å². The number of hydrogen-bond acceptors (Lipinski definition) is 3. The number of amides is 1. The molecule has 1 aliphatic carbocycles. The number of halogens is 1. The Morgan fingerprint density at radius 2 is 2.20 bits per heavy atom. The van der Waals surface area contributed by atoms with Crippen molar-refractivity contribution in [2.24, 2.45) is 5.41 Å². The number of rotatable bonds is 7. The van der Waals surface area contributed by atoms with Crippen molar-refractivity contribution >= 4 is 5.91 Å². The van der Waals surface area contributed by atoms with Crippen LogP contribution in [0.4, 0.5) is 4.39 Å². The maximum absolute atomic E-state index is 13.5. The summed E-state index contributed by atoms with van der Waals surface area (Å²) in [6.07, 6.45) is 5.97. The van der Waals surface area contributed by atoms with Crippen molar-refractivity contribution in [1.82, 2.24) is 19.8 Å². The highest BCUT2D eigenvalue weighted by Gasteiger charge is 2.43. The zero-order valence-electron chi connectivity index (χ0n) is 15.0. The maximum atomic E-state index is 13.5. The average molecular weight is 344 g/mol. The Morgan fingerprint density at radius 3 is 2.76 bits per heavy atom. The molecule has 1 N–H and O–H groups in total. The van der Waals surface area contributed by atoms with Gasteiger partial charge in [-0.05, 0) is 51.6 Å². The van der Waals surface area contributed by atoms with Crippen LogP contribution >= 0.6 is 0 Å². The Hall–Kier alpha value is -2.21.